The lowest BCUT2D eigenvalue weighted by molar-refractivity contribution is -0.122. The zero-order chi connectivity index (χ0) is 26.6. The number of halogens is 3. The smallest absolute Gasteiger partial charge is 0.420 e. The van der Waals surface area contributed by atoms with Crippen LogP contribution < -0.4 is 15.4 Å². The summed E-state index contributed by atoms with van der Waals surface area (Å²) in [4.78, 5) is 35.8. The Morgan fingerprint density at radius 1 is 1.11 bits per heavy atom. The highest BCUT2D eigenvalue weighted by Crippen LogP contribution is 2.54. The van der Waals surface area contributed by atoms with Crippen molar-refractivity contribution >= 4 is 44.6 Å². The molecule has 0 atom stereocenters. The van der Waals surface area contributed by atoms with E-state index in [2.05, 4.69) is 14.7 Å². The highest BCUT2D eigenvalue weighted by Gasteiger charge is 2.55. The lowest BCUT2D eigenvalue weighted by atomic mass is 9.73. The van der Waals surface area contributed by atoms with Crippen molar-refractivity contribution in [2.45, 2.75) is 23.8 Å². The van der Waals surface area contributed by atoms with Gasteiger partial charge >= 0.3 is 5.57 Å². The minimum Gasteiger partial charge on any atom is -0.420 e. The summed E-state index contributed by atoms with van der Waals surface area (Å²) < 4.78 is 55.1. The Hall–Kier alpha value is -3.64. The number of benzene rings is 2. The summed E-state index contributed by atoms with van der Waals surface area (Å²) >= 11 is 4.84. The maximum absolute atomic E-state index is 14.1. The third-order valence-electron chi connectivity index (χ3n) is 6.61. The molecule has 5 rings (SSSR count). The van der Waals surface area contributed by atoms with Gasteiger partial charge < -0.3 is 10.5 Å². The lowest BCUT2D eigenvalue weighted by Gasteiger charge is -2.33. The number of carbonyl (C=O) groups excluding carboxylic acids is 2. The van der Waals surface area contributed by atoms with E-state index in [1.165, 1.54) is 54.0 Å². The largest absolute Gasteiger partial charge is 0.487 e. The predicted molar refractivity (Wildman–Crippen MR) is 131 cm³/mol. The van der Waals surface area contributed by atoms with Crippen molar-refractivity contribution < 1.29 is 31.5 Å². The molecule has 1 saturated heterocycles. The van der Waals surface area contributed by atoms with Crippen LogP contribution in [0.4, 0.5) is 20.2 Å². The SMILES string of the molecule is NC(=O)c1cc(-c2cncnc2)c2c(c1)N(c1ccc(OC(F)(F)Cl)cc1)C(=O)C21CCS(=O)(=O)CC1. The number of sulfone groups is 1. The Bertz CT molecular complexity index is 1500. The highest BCUT2D eigenvalue weighted by molar-refractivity contribution is 7.91. The van der Waals surface area contributed by atoms with Gasteiger partial charge in [-0.15, -0.1) is 8.78 Å². The fraction of sp³-hybridized carbons (Fsp3) is 0.250. The second kappa shape index (κ2) is 8.73. The second-order valence-electron chi connectivity index (χ2n) is 8.83. The van der Waals surface area contributed by atoms with Gasteiger partial charge in [-0.3, -0.25) is 14.5 Å². The summed E-state index contributed by atoms with van der Waals surface area (Å²) in [5.41, 5.74) is 2.71. The molecule has 1 fully saturated rings. The van der Waals surface area contributed by atoms with E-state index in [1.807, 2.05) is 0 Å². The van der Waals surface area contributed by atoms with Gasteiger partial charge in [-0.1, -0.05) is 0 Å². The number of nitrogens with zero attached hydrogens (tertiary/aromatic N) is 3. The normalized spacial score (nSPS) is 18.0. The maximum atomic E-state index is 14.1. The summed E-state index contributed by atoms with van der Waals surface area (Å²) in [5, 5.41) is 0. The molecule has 0 unspecified atom stereocenters. The average molecular weight is 549 g/mol. The van der Waals surface area contributed by atoms with Crippen LogP contribution >= 0.6 is 11.6 Å². The lowest BCUT2D eigenvalue weighted by Crippen LogP contribution is -2.44. The van der Waals surface area contributed by atoms with E-state index in [4.69, 9.17) is 17.3 Å². The van der Waals surface area contributed by atoms with Gasteiger partial charge in [0.05, 0.1) is 22.6 Å². The van der Waals surface area contributed by atoms with Gasteiger partial charge in [0.1, 0.15) is 21.9 Å². The summed E-state index contributed by atoms with van der Waals surface area (Å²) in [6.07, 6.45) is 4.41. The standard InChI is InChI=1S/C24H19ClF2N4O5S/c25-24(26,27)36-17-3-1-16(2-4-17)31-19-10-14(21(28)32)9-18(15-11-29-13-30-12-15)20(19)23(22(31)33)5-7-37(34,35)8-6-23/h1-4,9-13H,5-8H2,(H2,28,32). The van der Waals surface area contributed by atoms with Crippen LogP contribution in [0.15, 0.2) is 55.1 Å². The molecule has 0 radical (unpaired) electrons. The Kier molecular flexibility index (Phi) is 5.91. The number of primary amides is 1. The Balaban J connectivity index is 1.73. The molecule has 2 N–H and O–H groups in total. The molecular weight excluding hydrogens is 530 g/mol. The van der Waals surface area contributed by atoms with Crippen molar-refractivity contribution in [2.75, 3.05) is 16.4 Å². The predicted octanol–water partition coefficient (Wildman–Crippen LogP) is 3.54. The number of aromatic nitrogens is 2. The second-order valence-corrected chi connectivity index (χ2v) is 11.6. The highest BCUT2D eigenvalue weighted by atomic mass is 35.5. The third-order valence-corrected chi connectivity index (χ3v) is 8.34. The van der Waals surface area contributed by atoms with Gasteiger partial charge in [-0.05, 0) is 60.4 Å². The van der Waals surface area contributed by atoms with E-state index < -0.39 is 32.6 Å². The molecule has 2 amide bonds. The van der Waals surface area contributed by atoms with Gasteiger partial charge in [-0.25, -0.2) is 18.4 Å². The number of anilines is 2. The quantitative estimate of drug-likeness (QED) is 0.482. The first kappa shape index (κ1) is 25.0. The van der Waals surface area contributed by atoms with E-state index >= 15 is 0 Å². The van der Waals surface area contributed by atoms with Gasteiger partial charge in [-0.2, -0.15) is 0 Å². The number of ether oxygens (including phenoxy) is 1. The van der Waals surface area contributed by atoms with Gasteiger partial charge in [0, 0.05) is 40.8 Å². The van der Waals surface area contributed by atoms with Crippen LogP contribution in [-0.4, -0.2) is 47.3 Å². The molecule has 3 aromatic rings. The Morgan fingerprint density at radius 2 is 1.73 bits per heavy atom. The molecule has 192 valence electrons. The first-order valence-electron chi connectivity index (χ1n) is 11.0. The molecule has 0 saturated carbocycles. The molecule has 1 aromatic heterocycles. The molecule has 2 aliphatic heterocycles. The molecular formula is C24H19ClF2N4O5S. The summed E-state index contributed by atoms with van der Waals surface area (Å²) in [5.74, 6) is -1.79. The van der Waals surface area contributed by atoms with Crippen LogP contribution in [-0.2, 0) is 20.0 Å². The zero-order valence-corrected chi connectivity index (χ0v) is 20.6. The van der Waals surface area contributed by atoms with Gasteiger partial charge in [0.2, 0.25) is 11.8 Å². The van der Waals surface area contributed by atoms with Crippen molar-refractivity contribution in [3.63, 3.8) is 0 Å². The third kappa shape index (κ3) is 4.51. The number of rotatable bonds is 5. The van der Waals surface area contributed by atoms with Crippen LogP contribution in [0.25, 0.3) is 11.1 Å². The first-order valence-corrected chi connectivity index (χ1v) is 13.2. The zero-order valence-electron chi connectivity index (χ0n) is 19.0. The summed E-state index contributed by atoms with van der Waals surface area (Å²) in [6.45, 7) is 0. The van der Waals surface area contributed by atoms with Crippen molar-refractivity contribution in [1.82, 2.24) is 9.97 Å². The first-order chi connectivity index (χ1) is 17.4. The van der Waals surface area contributed by atoms with Gasteiger partial charge in [0.15, 0.2) is 0 Å². The van der Waals surface area contributed by atoms with Crippen LogP contribution in [0, 0.1) is 0 Å². The summed E-state index contributed by atoms with van der Waals surface area (Å²) in [7, 11) is -3.35. The minimum absolute atomic E-state index is 0.0218. The molecule has 0 aliphatic carbocycles. The molecule has 2 aromatic carbocycles. The molecule has 3 heterocycles. The van der Waals surface area contributed by atoms with E-state index in [0.717, 1.165) is 0 Å². The Morgan fingerprint density at radius 3 is 2.30 bits per heavy atom. The fourth-order valence-corrected chi connectivity index (χ4v) is 6.56. The number of hydrogen-bond donors (Lipinski definition) is 1. The van der Waals surface area contributed by atoms with Crippen molar-refractivity contribution in [2.24, 2.45) is 5.73 Å². The van der Waals surface area contributed by atoms with Crippen molar-refractivity contribution in [3.8, 4) is 16.9 Å². The monoisotopic (exact) mass is 548 g/mol. The van der Waals surface area contributed by atoms with E-state index in [9.17, 15) is 26.8 Å². The molecule has 2 aliphatic rings. The topological polar surface area (TPSA) is 133 Å². The number of alkyl halides is 3. The van der Waals surface area contributed by atoms with E-state index in [0.29, 0.717) is 28.1 Å². The molecule has 37 heavy (non-hydrogen) atoms. The van der Waals surface area contributed by atoms with Crippen LogP contribution in [0.1, 0.15) is 28.8 Å². The van der Waals surface area contributed by atoms with Crippen LogP contribution in [0.2, 0.25) is 0 Å². The Labute approximate surface area is 215 Å². The maximum Gasteiger partial charge on any atom is 0.487 e. The number of fused-ring (bicyclic) bond motifs is 2. The van der Waals surface area contributed by atoms with Crippen LogP contribution in [0.5, 0.6) is 5.75 Å². The van der Waals surface area contributed by atoms with E-state index in [-0.39, 0.29) is 35.7 Å². The van der Waals surface area contributed by atoms with E-state index in [1.54, 1.807) is 6.07 Å². The van der Waals surface area contributed by atoms with Gasteiger partial charge in [0.25, 0.3) is 0 Å². The minimum atomic E-state index is -3.92. The number of hydrogen-bond acceptors (Lipinski definition) is 7. The number of amides is 2. The fourth-order valence-electron chi connectivity index (χ4n) is 4.95. The average Bonchev–Trinajstić information content (AvgIpc) is 3.08. The number of nitrogens with two attached hydrogens (primary N) is 1. The van der Waals surface area contributed by atoms with Crippen molar-refractivity contribution in [3.05, 3.63) is 66.2 Å². The molecule has 1 spiro atoms. The van der Waals surface area contributed by atoms with Crippen molar-refractivity contribution in [1.29, 1.82) is 0 Å². The van der Waals surface area contributed by atoms with Crippen LogP contribution in [0.3, 0.4) is 0 Å². The summed E-state index contributed by atoms with van der Waals surface area (Å²) in [6, 6.07) is 8.23. The molecule has 9 nitrogen and oxygen atoms in total. The number of carbonyl (C=O) groups is 2. The molecule has 0 bridgehead atoms. The molecule has 13 heteroatoms.